The number of pyridine rings is 1. The molecule has 0 amide bonds. The van der Waals surface area contributed by atoms with Gasteiger partial charge < -0.3 is 4.57 Å². The quantitative estimate of drug-likeness (QED) is 0.789. The molecule has 0 atom stereocenters. The summed E-state index contributed by atoms with van der Waals surface area (Å²) in [4.78, 5) is 11.9. The lowest BCUT2D eigenvalue weighted by Crippen LogP contribution is -2.09. The van der Waals surface area contributed by atoms with Crippen LogP contribution in [0.4, 0.5) is 0 Å². The highest BCUT2D eigenvalue weighted by Gasteiger charge is 2.06. The molecule has 0 aliphatic heterocycles. The smallest absolute Gasteiger partial charge is 0.189 e. The van der Waals surface area contributed by atoms with E-state index in [4.69, 9.17) is 5.26 Å². The zero-order valence-corrected chi connectivity index (χ0v) is 10.0. The van der Waals surface area contributed by atoms with Crippen LogP contribution in [0.15, 0.2) is 29.2 Å². The normalized spacial score (nSPS) is 10.4. The van der Waals surface area contributed by atoms with E-state index in [9.17, 15) is 4.79 Å². The molecule has 1 aromatic heterocycles. The van der Waals surface area contributed by atoms with Gasteiger partial charge in [0.2, 0.25) is 0 Å². The fourth-order valence-electron chi connectivity index (χ4n) is 2.18. The molecule has 0 spiro atoms. The van der Waals surface area contributed by atoms with Gasteiger partial charge in [-0.3, -0.25) is 4.79 Å². The second-order valence-corrected chi connectivity index (χ2v) is 4.26. The molecule has 0 radical (unpaired) electrons. The van der Waals surface area contributed by atoms with Crippen molar-refractivity contribution in [3.05, 3.63) is 45.7 Å². The predicted molar refractivity (Wildman–Crippen MR) is 67.9 cm³/mol. The minimum absolute atomic E-state index is 0.0470. The van der Waals surface area contributed by atoms with Crippen LogP contribution in [0.25, 0.3) is 10.9 Å². The summed E-state index contributed by atoms with van der Waals surface area (Å²) < 4.78 is 1.97. The van der Waals surface area contributed by atoms with Gasteiger partial charge in [0.15, 0.2) is 5.43 Å². The van der Waals surface area contributed by atoms with Crippen molar-refractivity contribution >= 4 is 10.9 Å². The molecule has 0 bridgehead atoms. The maximum Gasteiger partial charge on any atom is 0.189 e. The van der Waals surface area contributed by atoms with Crippen molar-refractivity contribution in [1.29, 1.82) is 5.26 Å². The van der Waals surface area contributed by atoms with Crippen molar-refractivity contribution in [3.8, 4) is 6.07 Å². The average Bonchev–Trinajstić information content (AvgIpc) is 2.27. The van der Waals surface area contributed by atoms with Crippen LogP contribution >= 0.6 is 0 Å². The summed E-state index contributed by atoms with van der Waals surface area (Å²) in [6.45, 7) is 4.58. The highest BCUT2D eigenvalue weighted by molar-refractivity contribution is 5.83. The average molecular weight is 226 g/mol. The molecular weight excluding hydrogens is 212 g/mol. The molecule has 0 saturated carbocycles. The molecule has 3 nitrogen and oxygen atoms in total. The summed E-state index contributed by atoms with van der Waals surface area (Å²) in [5.41, 5.74) is 3.10. The van der Waals surface area contributed by atoms with E-state index in [1.54, 1.807) is 12.3 Å². The molecule has 1 heterocycles. The van der Waals surface area contributed by atoms with Gasteiger partial charge in [0.25, 0.3) is 0 Å². The predicted octanol–water partition coefficient (Wildman–Crippen LogP) is 2.53. The zero-order chi connectivity index (χ0) is 12.4. The van der Waals surface area contributed by atoms with Gasteiger partial charge in [-0.1, -0.05) is 6.07 Å². The summed E-state index contributed by atoms with van der Waals surface area (Å²) >= 11 is 0. The first-order valence-corrected chi connectivity index (χ1v) is 5.61. The van der Waals surface area contributed by atoms with Crippen LogP contribution in [0.3, 0.4) is 0 Å². The van der Waals surface area contributed by atoms with Crippen molar-refractivity contribution in [2.75, 3.05) is 0 Å². The number of benzene rings is 1. The Bertz CT molecular complexity index is 662. The Labute approximate surface area is 99.9 Å². The van der Waals surface area contributed by atoms with E-state index >= 15 is 0 Å². The molecule has 0 unspecified atom stereocenters. The van der Waals surface area contributed by atoms with E-state index in [1.165, 1.54) is 0 Å². The van der Waals surface area contributed by atoms with E-state index in [1.807, 2.05) is 30.5 Å². The Morgan fingerprint density at radius 3 is 2.82 bits per heavy atom. The molecule has 0 fully saturated rings. The highest BCUT2D eigenvalue weighted by atomic mass is 16.1. The van der Waals surface area contributed by atoms with E-state index in [-0.39, 0.29) is 5.43 Å². The Hall–Kier alpha value is -2.08. The van der Waals surface area contributed by atoms with Crippen LogP contribution in [0.1, 0.15) is 17.5 Å². The molecule has 86 valence electrons. The van der Waals surface area contributed by atoms with Crippen LogP contribution in [-0.2, 0) is 6.54 Å². The van der Waals surface area contributed by atoms with Crippen LogP contribution in [0.5, 0.6) is 0 Å². The molecule has 0 saturated heterocycles. The maximum atomic E-state index is 11.9. The molecule has 1 aromatic carbocycles. The molecule has 2 rings (SSSR count). The molecule has 2 aromatic rings. The van der Waals surface area contributed by atoms with E-state index in [2.05, 4.69) is 6.07 Å². The third-order valence-electron chi connectivity index (χ3n) is 2.89. The Morgan fingerprint density at radius 2 is 2.12 bits per heavy atom. The number of hydrogen-bond acceptors (Lipinski definition) is 2. The second-order valence-electron chi connectivity index (χ2n) is 4.26. The van der Waals surface area contributed by atoms with Crippen LogP contribution in [0.2, 0.25) is 0 Å². The topological polar surface area (TPSA) is 45.8 Å². The Balaban J connectivity index is 2.76. The Morgan fingerprint density at radius 1 is 1.35 bits per heavy atom. The lowest BCUT2D eigenvalue weighted by molar-refractivity contribution is 0.736. The van der Waals surface area contributed by atoms with Crippen LogP contribution < -0.4 is 5.43 Å². The third-order valence-corrected chi connectivity index (χ3v) is 2.89. The van der Waals surface area contributed by atoms with Gasteiger partial charge in [0, 0.05) is 24.2 Å². The highest BCUT2D eigenvalue weighted by Crippen LogP contribution is 2.17. The fourth-order valence-corrected chi connectivity index (χ4v) is 2.18. The first-order valence-electron chi connectivity index (χ1n) is 5.61. The molecule has 3 heteroatoms. The molecule has 17 heavy (non-hydrogen) atoms. The van der Waals surface area contributed by atoms with Crippen LogP contribution in [-0.4, -0.2) is 4.57 Å². The summed E-state index contributed by atoms with van der Waals surface area (Å²) in [6.07, 6.45) is 2.21. The Kier molecular flexibility index (Phi) is 2.97. The van der Waals surface area contributed by atoms with Crippen LogP contribution in [0, 0.1) is 25.2 Å². The van der Waals surface area contributed by atoms with Gasteiger partial charge in [-0.05, 0) is 31.0 Å². The van der Waals surface area contributed by atoms with E-state index < -0.39 is 0 Å². The van der Waals surface area contributed by atoms with Gasteiger partial charge in [-0.25, -0.2) is 0 Å². The monoisotopic (exact) mass is 226 g/mol. The van der Waals surface area contributed by atoms with Gasteiger partial charge in [-0.15, -0.1) is 0 Å². The van der Waals surface area contributed by atoms with Crippen molar-refractivity contribution in [2.45, 2.75) is 26.8 Å². The summed E-state index contributed by atoms with van der Waals surface area (Å²) in [5.74, 6) is 0. The summed E-state index contributed by atoms with van der Waals surface area (Å²) in [6, 6.07) is 7.71. The van der Waals surface area contributed by atoms with E-state index in [0.717, 1.165) is 22.0 Å². The maximum absolute atomic E-state index is 11.9. The minimum Gasteiger partial charge on any atom is -0.346 e. The van der Waals surface area contributed by atoms with Crippen molar-refractivity contribution in [2.24, 2.45) is 0 Å². The fraction of sp³-hybridized carbons (Fsp3) is 0.286. The van der Waals surface area contributed by atoms with Gasteiger partial charge in [0.1, 0.15) is 0 Å². The number of hydrogen-bond donors (Lipinski definition) is 0. The number of nitrogens with zero attached hydrogens (tertiary/aromatic N) is 2. The number of nitriles is 1. The number of aryl methyl sites for hydroxylation is 3. The molecule has 0 aliphatic carbocycles. The lowest BCUT2D eigenvalue weighted by atomic mass is 10.1. The molecule has 0 aliphatic rings. The zero-order valence-electron chi connectivity index (χ0n) is 10.0. The third kappa shape index (κ3) is 2.07. The largest absolute Gasteiger partial charge is 0.346 e. The SMILES string of the molecule is Cc1cc(C)c2c(=O)ccn(CCC#N)c2c1. The van der Waals surface area contributed by atoms with Gasteiger partial charge in [-0.2, -0.15) is 5.26 Å². The van der Waals surface area contributed by atoms with Crippen molar-refractivity contribution in [3.63, 3.8) is 0 Å². The lowest BCUT2D eigenvalue weighted by Gasteiger charge is -2.11. The minimum atomic E-state index is 0.0470. The summed E-state index contributed by atoms with van der Waals surface area (Å²) in [5, 5.41) is 9.40. The first kappa shape index (κ1) is 11.4. The van der Waals surface area contributed by atoms with Crippen molar-refractivity contribution in [1.82, 2.24) is 4.57 Å². The molecular formula is C14H14N2O. The van der Waals surface area contributed by atoms with Gasteiger partial charge >= 0.3 is 0 Å². The number of rotatable bonds is 2. The summed E-state index contributed by atoms with van der Waals surface area (Å²) in [7, 11) is 0. The number of fused-ring (bicyclic) bond motifs is 1. The van der Waals surface area contributed by atoms with Crippen molar-refractivity contribution < 1.29 is 0 Å². The number of aromatic nitrogens is 1. The second kappa shape index (κ2) is 4.42. The molecule has 0 N–H and O–H groups in total. The van der Waals surface area contributed by atoms with E-state index in [0.29, 0.717) is 13.0 Å². The standard InChI is InChI=1S/C14H14N2O/c1-10-8-11(2)14-12(9-10)16(6-3-5-15)7-4-13(14)17/h4,7-9H,3,6H2,1-2H3. The first-order chi connectivity index (χ1) is 8.13. The van der Waals surface area contributed by atoms with Gasteiger partial charge in [0.05, 0.1) is 18.0 Å².